The first-order valence-corrected chi connectivity index (χ1v) is 8.01. The number of aromatic nitrogens is 1. The van der Waals surface area contributed by atoms with Crippen LogP contribution in [0.15, 0.2) is 35.4 Å². The highest BCUT2D eigenvalue weighted by atomic mass is 32.2. The van der Waals surface area contributed by atoms with Gasteiger partial charge in [0.1, 0.15) is 11.1 Å². The standard InChI is InChI=1S/C16H10F3N3O3S/c1-9-6-13(16(17,18)19)12(7-20)15(21-9)26-8-14(23)10-2-4-11(5-3-10)22(24)25/h2-6H,8H2,1H3. The molecule has 0 spiro atoms. The van der Waals surface area contributed by atoms with Gasteiger partial charge in [-0.2, -0.15) is 18.4 Å². The number of thioether (sulfide) groups is 1. The van der Waals surface area contributed by atoms with Gasteiger partial charge in [-0.3, -0.25) is 14.9 Å². The predicted molar refractivity (Wildman–Crippen MR) is 86.8 cm³/mol. The number of rotatable bonds is 5. The van der Waals surface area contributed by atoms with Crippen molar-refractivity contribution in [2.24, 2.45) is 0 Å². The quantitative estimate of drug-likeness (QED) is 0.334. The minimum Gasteiger partial charge on any atom is -0.293 e. The highest BCUT2D eigenvalue weighted by Gasteiger charge is 2.35. The average Bonchev–Trinajstić information content (AvgIpc) is 2.58. The topological polar surface area (TPSA) is 96.9 Å². The molecule has 0 amide bonds. The summed E-state index contributed by atoms with van der Waals surface area (Å²) in [5.74, 6) is -0.717. The van der Waals surface area contributed by atoms with Crippen LogP contribution in [0.5, 0.6) is 0 Å². The number of benzene rings is 1. The second-order valence-corrected chi connectivity index (χ2v) is 6.08. The van der Waals surface area contributed by atoms with Crippen LogP contribution >= 0.6 is 11.8 Å². The fourth-order valence-electron chi connectivity index (χ4n) is 2.07. The average molecular weight is 381 g/mol. The molecule has 0 aliphatic heterocycles. The second-order valence-electron chi connectivity index (χ2n) is 5.12. The van der Waals surface area contributed by atoms with Gasteiger partial charge in [0.2, 0.25) is 0 Å². The molecular weight excluding hydrogens is 371 g/mol. The molecule has 0 N–H and O–H groups in total. The zero-order valence-corrected chi connectivity index (χ0v) is 14.0. The molecule has 0 saturated carbocycles. The van der Waals surface area contributed by atoms with Crippen LogP contribution in [0.2, 0.25) is 0 Å². The zero-order chi connectivity index (χ0) is 19.5. The van der Waals surface area contributed by atoms with E-state index in [1.165, 1.54) is 25.1 Å². The van der Waals surface area contributed by atoms with Crippen LogP contribution in [-0.2, 0) is 6.18 Å². The lowest BCUT2D eigenvalue weighted by Crippen LogP contribution is -2.11. The van der Waals surface area contributed by atoms with Crippen molar-refractivity contribution < 1.29 is 22.9 Å². The number of nitriles is 1. The van der Waals surface area contributed by atoms with Gasteiger partial charge in [0.05, 0.1) is 21.8 Å². The van der Waals surface area contributed by atoms with E-state index in [0.29, 0.717) is 11.8 Å². The zero-order valence-electron chi connectivity index (χ0n) is 13.2. The number of carbonyl (C=O) groups is 1. The number of alkyl halides is 3. The van der Waals surface area contributed by atoms with Crippen molar-refractivity contribution >= 4 is 23.2 Å². The third-order valence-electron chi connectivity index (χ3n) is 3.27. The van der Waals surface area contributed by atoms with Crippen LogP contribution in [0.1, 0.15) is 27.2 Å². The third kappa shape index (κ3) is 4.37. The van der Waals surface area contributed by atoms with Crippen molar-refractivity contribution in [3.63, 3.8) is 0 Å². The van der Waals surface area contributed by atoms with E-state index in [4.69, 9.17) is 5.26 Å². The molecule has 1 aromatic heterocycles. The van der Waals surface area contributed by atoms with Crippen molar-refractivity contribution in [2.45, 2.75) is 18.1 Å². The van der Waals surface area contributed by atoms with Crippen molar-refractivity contribution in [3.05, 3.63) is 62.8 Å². The second kappa shape index (κ2) is 7.53. The van der Waals surface area contributed by atoms with Crippen LogP contribution in [0.25, 0.3) is 0 Å². The van der Waals surface area contributed by atoms with Gasteiger partial charge < -0.3 is 0 Å². The number of nitro groups is 1. The maximum atomic E-state index is 13.1. The summed E-state index contributed by atoms with van der Waals surface area (Å²) < 4.78 is 39.2. The number of hydrogen-bond acceptors (Lipinski definition) is 6. The Morgan fingerprint density at radius 3 is 2.46 bits per heavy atom. The maximum absolute atomic E-state index is 13.1. The summed E-state index contributed by atoms with van der Waals surface area (Å²) in [7, 11) is 0. The Kier molecular flexibility index (Phi) is 5.62. The molecular formula is C16H10F3N3O3S. The number of hydrogen-bond donors (Lipinski definition) is 0. The number of aryl methyl sites for hydroxylation is 1. The van der Waals surface area contributed by atoms with E-state index in [1.807, 2.05) is 0 Å². The van der Waals surface area contributed by atoms with E-state index >= 15 is 0 Å². The molecule has 0 unspecified atom stereocenters. The fourth-order valence-corrected chi connectivity index (χ4v) is 3.01. The number of nitro benzene ring substituents is 1. The summed E-state index contributed by atoms with van der Waals surface area (Å²) in [6.07, 6.45) is -4.71. The Balaban J connectivity index is 2.24. The molecule has 1 aromatic carbocycles. The van der Waals surface area contributed by atoms with Crippen molar-refractivity contribution in [3.8, 4) is 6.07 Å². The normalized spacial score (nSPS) is 11.0. The largest absolute Gasteiger partial charge is 0.417 e. The Bertz CT molecular complexity index is 906. The van der Waals surface area contributed by atoms with E-state index in [2.05, 4.69) is 4.98 Å². The molecule has 0 fully saturated rings. The third-order valence-corrected chi connectivity index (χ3v) is 4.25. The summed E-state index contributed by atoms with van der Waals surface area (Å²) in [5, 5.41) is 19.5. The summed E-state index contributed by atoms with van der Waals surface area (Å²) in [4.78, 5) is 26.0. The van der Waals surface area contributed by atoms with Crippen LogP contribution in [0.3, 0.4) is 0 Å². The molecule has 0 aliphatic rings. The molecule has 0 atom stereocenters. The van der Waals surface area contributed by atoms with Gasteiger partial charge in [-0.25, -0.2) is 4.98 Å². The van der Waals surface area contributed by atoms with Crippen LogP contribution in [0, 0.1) is 28.4 Å². The maximum Gasteiger partial charge on any atom is 0.417 e. The number of pyridine rings is 1. The van der Waals surface area contributed by atoms with E-state index in [9.17, 15) is 28.1 Å². The van der Waals surface area contributed by atoms with Gasteiger partial charge in [0.15, 0.2) is 5.78 Å². The molecule has 0 aliphatic carbocycles. The van der Waals surface area contributed by atoms with Gasteiger partial charge in [0.25, 0.3) is 5.69 Å². The van der Waals surface area contributed by atoms with Crippen molar-refractivity contribution in [1.82, 2.24) is 4.98 Å². The lowest BCUT2D eigenvalue weighted by molar-refractivity contribution is -0.384. The van der Waals surface area contributed by atoms with E-state index in [-0.39, 0.29) is 27.7 Å². The molecule has 0 saturated heterocycles. The van der Waals surface area contributed by atoms with Gasteiger partial charge >= 0.3 is 6.18 Å². The first kappa shape index (κ1) is 19.4. The number of Topliss-reactive ketones (excluding diaryl/α,β-unsaturated/α-hetero) is 1. The van der Waals surface area contributed by atoms with Crippen LogP contribution < -0.4 is 0 Å². The molecule has 10 heteroatoms. The lowest BCUT2D eigenvalue weighted by atomic mass is 10.1. The highest BCUT2D eigenvalue weighted by molar-refractivity contribution is 8.00. The number of nitrogens with zero attached hydrogens (tertiary/aromatic N) is 3. The Morgan fingerprint density at radius 1 is 1.35 bits per heavy atom. The van der Waals surface area contributed by atoms with Gasteiger partial charge in [-0.05, 0) is 25.1 Å². The SMILES string of the molecule is Cc1cc(C(F)(F)F)c(C#N)c(SCC(=O)c2ccc([N+](=O)[O-])cc2)n1. The Morgan fingerprint density at radius 2 is 1.96 bits per heavy atom. The first-order chi connectivity index (χ1) is 12.1. The van der Waals surface area contributed by atoms with Gasteiger partial charge in [0, 0.05) is 23.4 Å². The summed E-state index contributed by atoms with van der Waals surface area (Å²) in [6, 6.07) is 7.11. The Labute approximate surface area is 149 Å². The molecule has 0 radical (unpaired) electrons. The summed E-state index contributed by atoms with van der Waals surface area (Å²) >= 11 is 0.712. The minimum absolute atomic E-state index is 0.0709. The molecule has 2 rings (SSSR count). The molecule has 26 heavy (non-hydrogen) atoms. The molecule has 2 aromatic rings. The first-order valence-electron chi connectivity index (χ1n) is 7.03. The number of carbonyl (C=O) groups excluding carboxylic acids is 1. The Hall–Kier alpha value is -2.93. The molecule has 134 valence electrons. The highest BCUT2D eigenvalue weighted by Crippen LogP contribution is 2.36. The lowest BCUT2D eigenvalue weighted by Gasteiger charge is -2.12. The van der Waals surface area contributed by atoms with Crippen molar-refractivity contribution in [1.29, 1.82) is 5.26 Å². The van der Waals surface area contributed by atoms with E-state index < -0.39 is 28.0 Å². The van der Waals surface area contributed by atoms with Crippen molar-refractivity contribution in [2.75, 3.05) is 5.75 Å². The number of halogens is 3. The minimum atomic E-state index is -4.71. The molecule has 0 bridgehead atoms. The van der Waals surface area contributed by atoms with E-state index in [0.717, 1.165) is 18.2 Å². The monoisotopic (exact) mass is 381 g/mol. The molecule has 1 heterocycles. The van der Waals surface area contributed by atoms with Gasteiger partial charge in [-0.1, -0.05) is 11.8 Å². The van der Waals surface area contributed by atoms with Crippen LogP contribution in [0.4, 0.5) is 18.9 Å². The van der Waals surface area contributed by atoms with Gasteiger partial charge in [-0.15, -0.1) is 0 Å². The predicted octanol–water partition coefficient (Wildman–Crippen LogP) is 4.16. The fraction of sp³-hybridized carbons (Fsp3) is 0.188. The summed E-state index contributed by atoms with van der Waals surface area (Å²) in [5.41, 5.74) is -1.68. The smallest absolute Gasteiger partial charge is 0.293 e. The molecule has 6 nitrogen and oxygen atoms in total. The number of non-ortho nitro benzene ring substituents is 1. The number of ketones is 1. The van der Waals surface area contributed by atoms with Crippen LogP contribution in [-0.4, -0.2) is 21.4 Å². The summed E-state index contributed by atoms with van der Waals surface area (Å²) in [6.45, 7) is 1.36. The van der Waals surface area contributed by atoms with E-state index in [1.54, 1.807) is 0 Å².